The number of rotatable bonds is 2. The Morgan fingerprint density at radius 2 is 1.83 bits per heavy atom. The minimum absolute atomic E-state index is 0.0605. The van der Waals surface area contributed by atoms with Crippen molar-refractivity contribution in [3.63, 3.8) is 0 Å². The van der Waals surface area contributed by atoms with Crippen molar-refractivity contribution in [2.24, 2.45) is 5.84 Å². The Kier molecular flexibility index (Phi) is 3.37. The molecule has 0 fully saturated rings. The van der Waals surface area contributed by atoms with Crippen LogP contribution in [0.3, 0.4) is 0 Å². The molecule has 5 heteroatoms. The van der Waals surface area contributed by atoms with Gasteiger partial charge in [-0.25, -0.2) is 5.84 Å². The van der Waals surface area contributed by atoms with Gasteiger partial charge in [-0.15, -0.1) is 0 Å². The number of para-hydroxylation sites is 1. The molecule has 0 bridgehead atoms. The number of carbonyl (C=O) groups excluding carboxylic acids is 1. The maximum atomic E-state index is 12.1. The molecule has 2 heterocycles. The first-order valence-electron chi connectivity index (χ1n) is 7.69. The van der Waals surface area contributed by atoms with Crippen LogP contribution >= 0.6 is 0 Å². The maximum Gasteiger partial charge on any atom is 0.251 e. The summed E-state index contributed by atoms with van der Waals surface area (Å²) in [6, 6.07) is 17.9. The van der Waals surface area contributed by atoms with Gasteiger partial charge in [0.1, 0.15) is 0 Å². The van der Waals surface area contributed by atoms with Crippen LogP contribution in [0, 0.1) is 0 Å². The minimum atomic E-state index is -0.350. The quantitative estimate of drug-likeness (QED) is 0.331. The van der Waals surface area contributed by atoms with E-state index in [1.54, 1.807) is 0 Å². The molecule has 23 heavy (non-hydrogen) atoms. The van der Waals surface area contributed by atoms with E-state index in [0.717, 1.165) is 16.8 Å². The molecule has 2 aromatic carbocycles. The molecule has 3 aromatic rings. The number of benzene rings is 2. The maximum absolute atomic E-state index is 12.1. The fourth-order valence-corrected chi connectivity index (χ4v) is 3.41. The van der Waals surface area contributed by atoms with Crippen LogP contribution < -0.4 is 16.6 Å². The van der Waals surface area contributed by atoms with E-state index in [1.165, 1.54) is 10.9 Å². The fraction of sp³-hybridized carbons (Fsp3) is 0.167. The Morgan fingerprint density at radius 1 is 1.09 bits per heavy atom. The Bertz CT molecular complexity index is 856. The van der Waals surface area contributed by atoms with Gasteiger partial charge in [-0.3, -0.25) is 15.5 Å². The van der Waals surface area contributed by atoms with Gasteiger partial charge in [0.2, 0.25) is 0 Å². The van der Waals surface area contributed by atoms with Crippen molar-refractivity contribution in [3.8, 4) is 0 Å². The lowest BCUT2D eigenvalue weighted by atomic mass is 9.90. The van der Waals surface area contributed by atoms with E-state index in [9.17, 15) is 4.79 Å². The highest BCUT2D eigenvalue weighted by Gasteiger charge is 2.33. The summed E-state index contributed by atoms with van der Waals surface area (Å²) in [5.41, 5.74) is 6.78. The highest BCUT2D eigenvalue weighted by molar-refractivity contribution is 5.88. The summed E-state index contributed by atoms with van der Waals surface area (Å²) in [4.78, 5) is 15.6. The van der Waals surface area contributed by atoms with Gasteiger partial charge in [0.25, 0.3) is 5.91 Å². The number of aromatic amines is 1. The smallest absolute Gasteiger partial charge is 0.251 e. The van der Waals surface area contributed by atoms with E-state index in [1.807, 2.05) is 30.3 Å². The van der Waals surface area contributed by atoms with Gasteiger partial charge in [0.05, 0.1) is 12.1 Å². The number of hydrogen-bond acceptors (Lipinski definition) is 3. The molecule has 1 aliphatic rings. The molecule has 1 aliphatic heterocycles. The fourth-order valence-electron chi connectivity index (χ4n) is 3.41. The van der Waals surface area contributed by atoms with Crippen LogP contribution in [0.5, 0.6) is 0 Å². The van der Waals surface area contributed by atoms with Crippen molar-refractivity contribution in [2.45, 2.75) is 18.5 Å². The molecular weight excluding hydrogens is 288 g/mol. The van der Waals surface area contributed by atoms with Crippen LogP contribution in [0.15, 0.2) is 54.6 Å². The normalized spacial score (nSPS) is 20.2. The van der Waals surface area contributed by atoms with Crippen molar-refractivity contribution >= 4 is 16.8 Å². The summed E-state index contributed by atoms with van der Waals surface area (Å²) in [6.45, 7) is 0. The lowest BCUT2D eigenvalue weighted by molar-refractivity contribution is -0.123. The number of hydrogen-bond donors (Lipinski definition) is 4. The van der Waals surface area contributed by atoms with Gasteiger partial charge in [-0.1, -0.05) is 48.5 Å². The first kappa shape index (κ1) is 14.0. The highest BCUT2D eigenvalue weighted by atomic mass is 16.2. The van der Waals surface area contributed by atoms with Crippen molar-refractivity contribution in [1.82, 2.24) is 15.7 Å². The van der Waals surface area contributed by atoms with E-state index in [2.05, 4.69) is 40.0 Å². The van der Waals surface area contributed by atoms with Gasteiger partial charge in [-0.2, -0.15) is 0 Å². The van der Waals surface area contributed by atoms with E-state index in [0.29, 0.717) is 6.42 Å². The van der Waals surface area contributed by atoms with Gasteiger partial charge >= 0.3 is 0 Å². The summed E-state index contributed by atoms with van der Waals surface area (Å²) < 4.78 is 0. The van der Waals surface area contributed by atoms with Crippen LogP contribution in [-0.4, -0.2) is 16.9 Å². The molecule has 2 atom stereocenters. The van der Waals surface area contributed by atoms with Gasteiger partial charge in [0.15, 0.2) is 0 Å². The van der Waals surface area contributed by atoms with Gasteiger partial charge in [-0.05, 0) is 23.6 Å². The summed E-state index contributed by atoms with van der Waals surface area (Å²) in [5, 5.41) is 4.58. The predicted octanol–water partition coefficient (Wildman–Crippen LogP) is 1.76. The Balaban J connectivity index is 1.88. The van der Waals surface area contributed by atoms with Crippen LogP contribution in [0.2, 0.25) is 0 Å². The van der Waals surface area contributed by atoms with Crippen molar-refractivity contribution in [1.29, 1.82) is 0 Å². The van der Waals surface area contributed by atoms with Crippen LogP contribution in [0.25, 0.3) is 10.9 Å². The topological polar surface area (TPSA) is 82.9 Å². The Labute approximate surface area is 133 Å². The average molecular weight is 306 g/mol. The van der Waals surface area contributed by atoms with E-state index < -0.39 is 0 Å². The monoisotopic (exact) mass is 306 g/mol. The molecule has 0 saturated carbocycles. The standard InChI is InChI=1S/C18H18N4O/c19-22-18(23)15-10-13-12-8-4-5-9-14(12)20-17(13)16(21-15)11-6-2-1-3-7-11/h1-9,15-16,20-21H,10,19H2,(H,22,23)/t15-,16-/m0/s1. The molecule has 5 nitrogen and oxygen atoms in total. The van der Waals surface area contributed by atoms with Crippen molar-refractivity contribution < 1.29 is 4.79 Å². The van der Waals surface area contributed by atoms with E-state index in [4.69, 9.17) is 5.84 Å². The lowest BCUT2D eigenvalue weighted by Gasteiger charge is -2.30. The number of H-pyrrole nitrogens is 1. The second-order valence-electron chi connectivity index (χ2n) is 5.84. The third kappa shape index (κ3) is 2.30. The third-order valence-corrected chi connectivity index (χ3v) is 4.50. The first-order chi connectivity index (χ1) is 11.3. The average Bonchev–Trinajstić information content (AvgIpc) is 2.99. The van der Waals surface area contributed by atoms with Crippen molar-refractivity contribution in [3.05, 3.63) is 71.4 Å². The van der Waals surface area contributed by atoms with E-state index >= 15 is 0 Å². The third-order valence-electron chi connectivity index (χ3n) is 4.50. The summed E-state index contributed by atoms with van der Waals surface area (Å²) in [6.07, 6.45) is 0.617. The molecule has 1 amide bonds. The molecule has 5 N–H and O–H groups in total. The molecule has 4 rings (SSSR count). The molecule has 0 spiro atoms. The number of fused-ring (bicyclic) bond motifs is 3. The summed E-state index contributed by atoms with van der Waals surface area (Å²) >= 11 is 0. The summed E-state index contributed by atoms with van der Waals surface area (Å²) in [7, 11) is 0. The zero-order valence-corrected chi connectivity index (χ0v) is 12.5. The second-order valence-corrected chi connectivity index (χ2v) is 5.84. The summed E-state index contributed by atoms with van der Waals surface area (Å²) in [5.74, 6) is 5.15. The van der Waals surface area contributed by atoms with E-state index in [-0.39, 0.29) is 18.0 Å². The highest BCUT2D eigenvalue weighted by Crippen LogP contribution is 2.34. The largest absolute Gasteiger partial charge is 0.357 e. The second kappa shape index (κ2) is 5.53. The van der Waals surface area contributed by atoms with Crippen LogP contribution in [0.4, 0.5) is 0 Å². The molecular formula is C18H18N4O. The molecule has 0 radical (unpaired) electrons. The lowest BCUT2D eigenvalue weighted by Crippen LogP contribution is -2.51. The Hall–Kier alpha value is -2.63. The zero-order valence-electron chi connectivity index (χ0n) is 12.5. The molecule has 1 aromatic heterocycles. The molecule has 0 aliphatic carbocycles. The zero-order chi connectivity index (χ0) is 15.8. The van der Waals surface area contributed by atoms with Crippen LogP contribution in [0.1, 0.15) is 22.9 Å². The number of hydrazine groups is 1. The number of aromatic nitrogens is 1. The SMILES string of the molecule is NNC(=O)[C@@H]1Cc2c([nH]c3ccccc23)[C@H](c2ccccc2)N1. The van der Waals surface area contributed by atoms with Gasteiger partial charge < -0.3 is 4.98 Å². The first-order valence-corrected chi connectivity index (χ1v) is 7.69. The number of carbonyl (C=O) groups is 1. The molecule has 0 saturated heterocycles. The van der Waals surface area contributed by atoms with Crippen LogP contribution in [-0.2, 0) is 11.2 Å². The molecule has 116 valence electrons. The Morgan fingerprint density at radius 3 is 2.61 bits per heavy atom. The minimum Gasteiger partial charge on any atom is -0.357 e. The number of nitrogens with one attached hydrogen (secondary N) is 3. The van der Waals surface area contributed by atoms with Gasteiger partial charge in [0, 0.05) is 16.6 Å². The predicted molar refractivity (Wildman–Crippen MR) is 89.5 cm³/mol. The number of nitrogens with two attached hydrogens (primary N) is 1. The van der Waals surface area contributed by atoms with Crippen molar-refractivity contribution in [2.75, 3.05) is 0 Å². The number of amides is 1. The molecule has 0 unspecified atom stereocenters.